The number of carbonyl (C=O) groups is 1. The van der Waals surface area contributed by atoms with Gasteiger partial charge in [0, 0.05) is 23.5 Å². The van der Waals surface area contributed by atoms with Crippen LogP contribution in [0, 0.1) is 0 Å². The Morgan fingerprint density at radius 1 is 1.23 bits per heavy atom. The van der Waals surface area contributed by atoms with Crippen molar-refractivity contribution >= 4 is 29.1 Å². The molecule has 0 aliphatic heterocycles. The van der Waals surface area contributed by atoms with Crippen molar-refractivity contribution < 1.29 is 4.79 Å². The summed E-state index contributed by atoms with van der Waals surface area (Å²) < 4.78 is 1.38. The van der Waals surface area contributed by atoms with E-state index in [-0.39, 0.29) is 29.9 Å². The Hall–Kier alpha value is -2.70. The average Bonchev–Trinajstić information content (AvgIpc) is 2.64. The zero-order valence-corrected chi connectivity index (χ0v) is 15.2. The lowest BCUT2D eigenvalue weighted by Crippen LogP contribution is -2.39. The molecule has 0 bridgehead atoms. The smallest absolute Gasteiger partial charge is 0.274 e. The van der Waals surface area contributed by atoms with Gasteiger partial charge in [0.25, 0.3) is 11.5 Å². The molecule has 1 heterocycles. The van der Waals surface area contributed by atoms with Crippen LogP contribution >= 0.6 is 12.4 Å². The minimum absolute atomic E-state index is 0. The van der Waals surface area contributed by atoms with Gasteiger partial charge in [-0.1, -0.05) is 30.3 Å². The topological polar surface area (TPSA) is 90.0 Å². The zero-order valence-electron chi connectivity index (χ0n) is 14.4. The summed E-state index contributed by atoms with van der Waals surface area (Å²) in [6, 6.07) is 14.2. The minimum Gasteiger partial charge on any atom is -0.348 e. The van der Waals surface area contributed by atoms with Gasteiger partial charge in [-0.25, -0.2) is 4.68 Å². The summed E-state index contributed by atoms with van der Waals surface area (Å²) in [5.41, 5.74) is 6.89. The Bertz CT molecular complexity index is 971. The van der Waals surface area contributed by atoms with Crippen molar-refractivity contribution in [2.24, 2.45) is 5.73 Å². The van der Waals surface area contributed by atoms with Crippen LogP contribution in [0.5, 0.6) is 0 Å². The van der Waals surface area contributed by atoms with E-state index in [2.05, 4.69) is 10.4 Å². The number of carbonyl (C=O) groups excluding carboxylic acids is 1. The zero-order chi connectivity index (χ0) is 17.8. The number of aromatic nitrogens is 2. The lowest BCUT2D eigenvalue weighted by atomic mass is 10.1. The number of nitrogens with zero attached hydrogens (tertiary/aromatic N) is 2. The predicted octanol–water partition coefficient (Wildman–Crippen LogP) is 2.10. The number of amides is 1. The maximum atomic E-state index is 12.5. The van der Waals surface area contributed by atoms with Gasteiger partial charge in [0.1, 0.15) is 0 Å². The Morgan fingerprint density at radius 3 is 2.77 bits per heavy atom. The first-order chi connectivity index (χ1) is 12.1. The fraction of sp³-hybridized carbons (Fsp3) is 0.211. The monoisotopic (exact) mass is 372 g/mol. The number of benzene rings is 2. The molecule has 1 unspecified atom stereocenters. The molecule has 0 saturated heterocycles. The molecule has 1 amide bonds. The first-order valence-electron chi connectivity index (χ1n) is 8.13. The fourth-order valence-corrected chi connectivity index (χ4v) is 2.71. The minimum atomic E-state index is -0.250. The van der Waals surface area contributed by atoms with E-state index >= 15 is 0 Å². The molecular weight excluding hydrogens is 352 g/mol. The standard InChI is InChI=1S/C19H20N4O2.ClH/c1-13(22-18(24)15-7-4-5-14(9-15)10-20)12-23-19(25)17-8-3-2-6-16(17)11-21-23;/h2-9,11,13H,10,12,20H2,1H3,(H,22,24);1H. The van der Waals surface area contributed by atoms with E-state index in [0.29, 0.717) is 24.0 Å². The van der Waals surface area contributed by atoms with Gasteiger partial charge in [0.05, 0.1) is 18.1 Å². The highest BCUT2D eigenvalue weighted by atomic mass is 35.5. The first-order valence-corrected chi connectivity index (χ1v) is 8.13. The maximum absolute atomic E-state index is 12.5. The summed E-state index contributed by atoms with van der Waals surface area (Å²) in [6.45, 7) is 2.52. The normalized spacial score (nSPS) is 11.6. The molecule has 3 N–H and O–H groups in total. The molecule has 2 aromatic carbocycles. The summed E-state index contributed by atoms with van der Waals surface area (Å²) in [5, 5.41) is 8.50. The second kappa shape index (κ2) is 8.60. The van der Waals surface area contributed by atoms with Gasteiger partial charge in [-0.3, -0.25) is 9.59 Å². The van der Waals surface area contributed by atoms with Gasteiger partial charge in [-0.05, 0) is 30.7 Å². The van der Waals surface area contributed by atoms with Crippen LogP contribution in [-0.2, 0) is 13.1 Å². The lowest BCUT2D eigenvalue weighted by molar-refractivity contribution is 0.0935. The lowest BCUT2D eigenvalue weighted by Gasteiger charge is -2.15. The van der Waals surface area contributed by atoms with Crippen LogP contribution in [0.3, 0.4) is 0 Å². The first kappa shape index (κ1) is 19.6. The van der Waals surface area contributed by atoms with E-state index in [1.165, 1.54) is 4.68 Å². The van der Waals surface area contributed by atoms with Gasteiger partial charge in [0.2, 0.25) is 0 Å². The van der Waals surface area contributed by atoms with Crippen LogP contribution in [0.15, 0.2) is 59.5 Å². The number of rotatable bonds is 5. The van der Waals surface area contributed by atoms with Crippen molar-refractivity contribution in [3.05, 3.63) is 76.2 Å². The number of nitrogens with one attached hydrogen (secondary N) is 1. The number of nitrogens with two attached hydrogens (primary N) is 1. The largest absolute Gasteiger partial charge is 0.348 e. The van der Waals surface area contributed by atoms with Gasteiger partial charge in [0.15, 0.2) is 0 Å². The molecule has 0 radical (unpaired) electrons. The second-order valence-electron chi connectivity index (χ2n) is 6.00. The van der Waals surface area contributed by atoms with Crippen LogP contribution in [0.1, 0.15) is 22.8 Å². The summed E-state index contributed by atoms with van der Waals surface area (Å²) >= 11 is 0. The van der Waals surface area contributed by atoms with E-state index in [9.17, 15) is 9.59 Å². The van der Waals surface area contributed by atoms with Crippen LogP contribution in [0.25, 0.3) is 10.8 Å². The number of fused-ring (bicyclic) bond motifs is 1. The molecule has 6 nitrogen and oxygen atoms in total. The Labute approximate surface area is 157 Å². The van der Waals surface area contributed by atoms with E-state index in [1.807, 2.05) is 31.2 Å². The fourth-order valence-electron chi connectivity index (χ4n) is 2.71. The molecule has 136 valence electrons. The molecule has 1 atom stereocenters. The highest BCUT2D eigenvalue weighted by Gasteiger charge is 2.12. The van der Waals surface area contributed by atoms with Crippen molar-refractivity contribution in [2.75, 3.05) is 0 Å². The Balaban J connectivity index is 0.00000243. The van der Waals surface area contributed by atoms with Crippen molar-refractivity contribution in [3.8, 4) is 0 Å². The highest BCUT2D eigenvalue weighted by Crippen LogP contribution is 2.07. The van der Waals surface area contributed by atoms with Crippen molar-refractivity contribution in [2.45, 2.75) is 26.1 Å². The second-order valence-corrected chi connectivity index (χ2v) is 6.00. The van der Waals surface area contributed by atoms with E-state index in [0.717, 1.165) is 10.9 Å². The summed E-state index contributed by atoms with van der Waals surface area (Å²) in [4.78, 5) is 24.8. The third-order valence-corrected chi connectivity index (χ3v) is 4.01. The molecule has 0 fully saturated rings. The van der Waals surface area contributed by atoms with Gasteiger partial charge in [-0.15, -0.1) is 12.4 Å². The van der Waals surface area contributed by atoms with Crippen molar-refractivity contribution in [3.63, 3.8) is 0 Å². The van der Waals surface area contributed by atoms with Crippen molar-refractivity contribution in [1.29, 1.82) is 0 Å². The Kier molecular flexibility index (Phi) is 6.49. The van der Waals surface area contributed by atoms with E-state index in [1.54, 1.807) is 30.5 Å². The van der Waals surface area contributed by atoms with Crippen LogP contribution in [-0.4, -0.2) is 21.7 Å². The molecule has 26 heavy (non-hydrogen) atoms. The number of hydrogen-bond donors (Lipinski definition) is 2. The van der Waals surface area contributed by atoms with Crippen molar-refractivity contribution in [1.82, 2.24) is 15.1 Å². The average molecular weight is 373 g/mol. The molecule has 1 aromatic heterocycles. The molecule has 3 aromatic rings. The molecule has 0 spiro atoms. The predicted molar refractivity (Wildman–Crippen MR) is 105 cm³/mol. The van der Waals surface area contributed by atoms with Crippen LogP contribution in [0.2, 0.25) is 0 Å². The maximum Gasteiger partial charge on any atom is 0.274 e. The van der Waals surface area contributed by atoms with E-state index in [4.69, 9.17) is 5.73 Å². The van der Waals surface area contributed by atoms with Gasteiger partial charge >= 0.3 is 0 Å². The molecule has 0 aliphatic carbocycles. The molecule has 0 saturated carbocycles. The quantitative estimate of drug-likeness (QED) is 0.717. The third-order valence-electron chi connectivity index (χ3n) is 4.01. The number of hydrogen-bond acceptors (Lipinski definition) is 4. The summed E-state index contributed by atoms with van der Waals surface area (Å²) in [6.07, 6.45) is 1.66. The summed E-state index contributed by atoms with van der Waals surface area (Å²) in [5.74, 6) is -0.198. The van der Waals surface area contributed by atoms with Gasteiger partial charge in [-0.2, -0.15) is 5.10 Å². The van der Waals surface area contributed by atoms with E-state index < -0.39 is 0 Å². The number of halogens is 1. The third kappa shape index (κ3) is 4.28. The summed E-state index contributed by atoms with van der Waals surface area (Å²) in [7, 11) is 0. The van der Waals surface area contributed by atoms with Crippen LogP contribution in [0.4, 0.5) is 0 Å². The molecular formula is C19H21ClN4O2. The highest BCUT2D eigenvalue weighted by molar-refractivity contribution is 5.94. The Morgan fingerprint density at radius 2 is 2.00 bits per heavy atom. The molecule has 0 aliphatic rings. The SMILES string of the molecule is CC(Cn1ncc2ccccc2c1=O)NC(=O)c1cccc(CN)c1.Cl. The van der Waals surface area contributed by atoms with Gasteiger partial charge < -0.3 is 11.1 Å². The molecule has 7 heteroatoms. The molecule has 3 rings (SSSR count). The van der Waals surface area contributed by atoms with Crippen LogP contribution < -0.4 is 16.6 Å².